The minimum Gasteiger partial charge on any atom is -0.493 e. The molecule has 3 heteroatoms. The van der Waals surface area contributed by atoms with Crippen LogP contribution in [0.2, 0.25) is 0 Å². The quantitative estimate of drug-likeness (QED) is 0.616. The smallest absolute Gasteiger partial charge is 0.161 e. The molecule has 0 aromatic heterocycles. The third-order valence-corrected chi connectivity index (χ3v) is 6.20. The number of allylic oxidation sites excluding steroid dienone is 2. The van der Waals surface area contributed by atoms with Crippen molar-refractivity contribution in [3.05, 3.63) is 35.4 Å². The second kappa shape index (κ2) is 5.02. The topological polar surface area (TPSA) is 18.5 Å². The highest BCUT2D eigenvalue weighted by Gasteiger charge is 2.54. The molecule has 0 radical (unpaired) electrons. The van der Waals surface area contributed by atoms with Gasteiger partial charge in [0, 0.05) is 23.8 Å². The summed E-state index contributed by atoms with van der Waals surface area (Å²) in [7, 11) is 5.93. The molecule has 0 saturated carbocycles. The van der Waals surface area contributed by atoms with Gasteiger partial charge < -0.3 is 14.0 Å². The number of ether oxygens (including phenoxy) is 2. The first-order valence-corrected chi connectivity index (χ1v) is 8.40. The first-order valence-electron chi connectivity index (χ1n) is 8.40. The molecule has 4 atom stereocenters. The lowest BCUT2D eigenvalue weighted by Gasteiger charge is -2.42. The standard InChI is InChI=1S/C19H26NO2/c1-20-9-8-13-10-17(21-2)18(22-3)11-16(13)19(20)15-7-5-4-6-14(15)12-20/h4-5,10-11,14-15,19H,6-9,12H2,1-3H3/q+1/t14-,15+,19-,20+/m0/s1. The Labute approximate surface area is 133 Å². The number of fused-ring (bicyclic) bond motifs is 5. The van der Waals surface area contributed by atoms with Crippen LogP contribution < -0.4 is 9.47 Å². The van der Waals surface area contributed by atoms with Crippen molar-refractivity contribution in [1.29, 1.82) is 0 Å². The summed E-state index contributed by atoms with van der Waals surface area (Å²) in [6, 6.07) is 5.09. The Morgan fingerprint density at radius 2 is 1.77 bits per heavy atom. The van der Waals surface area contributed by atoms with Gasteiger partial charge in [-0.25, -0.2) is 0 Å². The molecule has 1 aliphatic carbocycles. The summed E-state index contributed by atoms with van der Waals surface area (Å²) in [6.45, 7) is 2.58. The summed E-state index contributed by atoms with van der Waals surface area (Å²) in [5, 5.41) is 0. The van der Waals surface area contributed by atoms with Crippen LogP contribution in [-0.4, -0.2) is 38.8 Å². The van der Waals surface area contributed by atoms with Gasteiger partial charge in [-0.05, 0) is 30.5 Å². The van der Waals surface area contributed by atoms with Crippen molar-refractivity contribution in [1.82, 2.24) is 0 Å². The Balaban J connectivity index is 1.82. The van der Waals surface area contributed by atoms with Crippen molar-refractivity contribution in [2.45, 2.75) is 25.3 Å². The zero-order valence-corrected chi connectivity index (χ0v) is 13.8. The van der Waals surface area contributed by atoms with Gasteiger partial charge in [0.2, 0.25) is 0 Å². The molecule has 1 aromatic rings. The van der Waals surface area contributed by atoms with E-state index >= 15 is 0 Å². The Morgan fingerprint density at radius 1 is 1.05 bits per heavy atom. The van der Waals surface area contributed by atoms with Gasteiger partial charge in [0.1, 0.15) is 6.04 Å². The molecule has 0 amide bonds. The molecule has 1 aromatic carbocycles. The van der Waals surface area contributed by atoms with Crippen molar-refractivity contribution < 1.29 is 14.0 Å². The molecule has 0 spiro atoms. The fourth-order valence-corrected chi connectivity index (χ4v) is 5.20. The van der Waals surface area contributed by atoms with E-state index in [1.165, 1.54) is 41.5 Å². The van der Waals surface area contributed by atoms with Crippen LogP contribution in [0.5, 0.6) is 11.5 Å². The number of hydrogen-bond acceptors (Lipinski definition) is 2. The SMILES string of the molecule is COc1cc2c(cc1OC)[C@@H]1[C@@H]3CC=CC[C@H]3C[N@@+]1(C)CC2. The van der Waals surface area contributed by atoms with Crippen molar-refractivity contribution in [3.63, 3.8) is 0 Å². The van der Waals surface area contributed by atoms with E-state index in [0.717, 1.165) is 29.8 Å². The van der Waals surface area contributed by atoms with E-state index in [9.17, 15) is 0 Å². The molecule has 1 saturated heterocycles. The third-order valence-electron chi connectivity index (χ3n) is 6.20. The molecule has 0 bridgehead atoms. The van der Waals surface area contributed by atoms with Crippen LogP contribution in [0.4, 0.5) is 0 Å². The highest BCUT2D eigenvalue weighted by Crippen LogP contribution is 2.53. The molecule has 0 N–H and O–H groups in total. The monoisotopic (exact) mass is 300 g/mol. The molecule has 118 valence electrons. The summed E-state index contributed by atoms with van der Waals surface area (Å²) >= 11 is 0. The van der Waals surface area contributed by atoms with Crippen LogP contribution in [0.15, 0.2) is 24.3 Å². The summed E-state index contributed by atoms with van der Waals surface area (Å²) in [6.07, 6.45) is 8.43. The summed E-state index contributed by atoms with van der Waals surface area (Å²) in [5.41, 5.74) is 2.97. The largest absolute Gasteiger partial charge is 0.493 e. The summed E-state index contributed by atoms with van der Waals surface area (Å²) in [5.74, 6) is 3.38. The van der Waals surface area contributed by atoms with Gasteiger partial charge in [0.05, 0.1) is 34.4 Å². The van der Waals surface area contributed by atoms with Crippen LogP contribution in [0, 0.1) is 11.8 Å². The number of nitrogens with zero attached hydrogens (tertiary/aromatic N) is 1. The lowest BCUT2D eigenvalue weighted by atomic mass is 9.77. The average Bonchev–Trinajstić information content (AvgIpc) is 2.85. The van der Waals surface area contributed by atoms with Crippen LogP contribution in [0.25, 0.3) is 0 Å². The van der Waals surface area contributed by atoms with E-state index in [1.807, 2.05) is 0 Å². The zero-order valence-electron chi connectivity index (χ0n) is 13.8. The van der Waals surface area contributed by atoms with Crippen molar-refractivity contribution in [3.8, 4) is 11.5 Å². The Bertz CT molecular complexity index is 624. The fourth-order valence-electron chi connectivity index (χ4n) is 5.20. The minimum absolute atomic E-state index is 0.624. The average molecular weight is 300 g/mol. The van der Waals surface area contributed by atoms with Gasteiger partial charge >= 0.3 is 0 Å². The van der Waals surface area contributed by atoms with Gasteiger partial charge in [-0.1, -0.05) is 12.2 Å². The van der Waals surface area contributed by atoms with Gasteiger partial charge in [-0.3, -0.25) is 0 Å². The molecular formula is C19H26NO2+. The highest BCUT2D eigenvalue weighted by molar-refractivity contribution is 5.49. The fraction of sp³-hybridized carbons (Fsp3) is 0.579. The third kappa shape index (κ3) is 1.91. The predicted molar refractivity (Wildman–Crippen MR) is 87.3 cm³/mol. The van der Waals surface area contributed by atoms with Gasteiger partial charge in [0.25, 0.3) is 0 Å². The first kappa shape index (κ1) is 14.1. The molecule has 2 heterocycles. The second-order valence-electron chi connectivity index (χ2n) is 7.35. The Kier molecular flexibility index (Phi) is 3.23. The van der Waals surface area contributed by atoms with E-state index in [0.29, 0.717) is 6.04 Å². The normalized spacial score (nSPS) is 35.5. The van der Waals surface area contributed by atoms with Crippen molar-refractivity contribution in [2.24, 2.45) is 11.8 Å². The Hall–Kier alpha value is -1.48. The molecule has 2 aliphatic heterocycles. The van der Waals surface area contributed by atoms with Gasteiger partial charge in [-0.2, -0.15) is 0 Å². The minimum atomic E-state index is 0.624. The van der Waals surface area contributed by atoms with Gasteiger partial charge in [0.15, 0.2) is 11.5 Å². The maximum Gasteiger partial charge on any atom is 0.161 e. The number of methoxy groups -OCH3 is 2. The lowest BCUT2D eigenvalue weighted by Crippen LogP contribution is -2.48. The van der Waals surface area contributed by atoms with Crippen molar-refractivity contribution in [2.75, 3.05) is 34.4 Å². The van der Waals surface area contributed by atoms with E-state index in [1.54, 1.807) is 14.2 Å². The number of quaternary nitrogens is 1. The maximum atomic E-state index is 5.57. The molecule has 3 aliphatic rings. The molecule has 22 heavy (non-hydrogen) atoms. The van der Waals surface area contributed by atoms with Crippen molar-refractivity contribution >= 4 is 0 Å². The predicted octanol–water partition coefficient (Wildman–Crippen LogP) is 3.34. The number of benzene rings is 1. The first-order chi connectivity index (χ1) is 10.7. The molecule has 3 nitrogen and oxygen atoms in total. The van der Waals surface area contributed by atoms with Crippen LogP contribution in [0.3, 0.4) is 0 Å². The second-order valence-corrected chi connectivity index (χ2v) is 7.35. The molecule has 0 unspecified atom stereocenters. The number of hydrogen-bond donors (Lipinski definition) is 0. The van der Waals surface area contributed by atoms with E-state index in [-0.39, 0.29) is 0 Å². The van der Waals surface area contributed by atoms with Crippen LogP contribution in [0.1, 0.15) is 30.0 Å². The van der Waals surface area contributed by atoms with Gasteiger partial charge in [-0.15, -0.1) is 0 Å². The van der Waals surface area contributed by atoms with E-state index < -0.39 is 0 Å². The maximum absolute atomic E-state index is 5.57. The van der Waals surface area contributed by atoms with E-state index in [2.05, 4.69) is 31.3 Å². The molecular weight excluding hydrogens is 274 g/mol. The Morgan fingerprint density at radius 3 is 2.55 bits per heavy atom. The summed E-state index contributed by atoms with van der Waals surface area (Å²) in [4.78, 5) is 0. The summed E-state index contributed by atoms with van der Waals surface area (Å²) < 4.78 is 12.3. The van der Waals surface area contributed by atoms with E-state index in [4.69, 9.17) is 9.47 Å². The van der Waals surface area contributed by atoms with Crippen LogP contribution >= 0.6 is 0 Å². The van der Waals surface area contributed by atoms with Crippen LogP contribution in [-0.2, 0) is 6.42 Å². The number of likely N-dealkylation sites (N-methyl/N-ethyl adjacent to an activating group) is 1. The number of rotatable bonds is 2. The molecule has 1 fully saturated rings. The lowest BCUT2D eigenvalue weighted by molar-refractivity contribution is -0.931. The molecule has 4 rings (SSSR count). The highest BCUT2D eigenvalue weighted by atomic mass is 16.5. The zero-order chi connectivity index (χ0) is 15.3.